The van der Waals surface area contributed by atoms with Crippen molar-refractivity contribution < 1.29 is 4.74 Å². The Morgan fingerprint density at radius 1 is 1.19 bits per heavy atom. The molecule has 1 unspecified atom stereocenters. The molecule has 0 radical (unpaired) electrons. The molecule has 0 aliphatic rings. The second-order valence-electron chi connectivity index (χ2n) is 5.18. The Bertz CT molecular complexity index is 498. The van der Waals surface area contributed by atoms with Gasteiger partial charge in [0.25, 0.3) is 0 Å². The Morgan fingerprint density at radius 3 is 2.67 bits per heavy atom. The van der Waals surface area contributed by atoms with Gasteiger partial charge in [-0.15, -0.1) is 11.3 Å². The van der Waals surface area contributed by atoms with Crippen LogP contribution >= 0.6 is 22.9 Å². The largest absolute Gasteiger partial charge is 0.383 e. The Balaban J connectivity index is 1.91. The molecular formula is C17H22ClNOS. The predicted molar refractivity (Wildman–Crippen MR) is 91.4 cm³/mol. The summed E-state index contributed by atoms with van der Waals surface area (Å²) in [6, 6.07) is 12.5. The van der Waals surface area contributed by atoms with Crippen LogP contribution in [0.1, 0.15) is 10.4 Å². The highest BCUT2D eigenvalue weighted by Crippen LogP contribution is 2.19. The molecule has 0 aliphatic carbocycles. The van der Waals surface area contributed by atoms with Crippen LogP contribution in [0.15, 0.2) is 41.8 Å². The lowest BCUT2D eigenvalue weighted by Crippen LogP contribution is -2.28. The Morgan fingerprint density at radius 2 is 2.00 bits per heavy atom. The van der Waals surface area contributed by atoms with E-state index in [1.54, 1.807) is 7.11 Å². The van der Waals surface area contributed by atoms with Crippen LogP contribution in [-0.2, 0) is 17.6 Å². The third-order valence-electron chi connectivity index (χ3n) is 3.42. The van der Waals surface area contributed by atoms with Crippen molar-refractivity contribution in [1.82, 2.24) is 5.32 Å². The van der Waals surface area contributed by atoms with E-state index in [1.165, 1.54) is 10.4 Å². The lowest BCUT2D eigenvalue weighted by molar-refractivity contribution is 0.197. The molecule has 1 aromatic carbocycles. The van der Waals surface area contributed by atoms with Gasteiger partial charge in [0.2, 0.25) is 0 Å². The summed E-state index contributed by atoms with van der Waals surface area (Å²) in [5, 5.41) is 6.43. The number of thiophene rings is 1. The second kappa shape index (κ2) is 9.21. The van der Waals surface area contributed by atoms with Crippen molar-refractivity contribution in [2.75, 3.05) is 26.8 Å². The Hall–Kier alpha value is -0.870. The van der Waals surface area contributed by atoms with E-state index in [9.17, 15) is 0 Å². The van der Waals surface area contributed by atoms with Crippen LogP contribution < -0.4 is 5.32 Å². The monoisotopic (exact) mass is 323 g/mol. The maximum atomic E-state index is 5.96. The highest BCUT2D eigenvalue weighted by molar-refractivity contribution is 7.09. The number of methoxy groups -OCH3 is 1. The zero-order chi connectivity index (χ0) is 14.9. The van der Waals surface area contributed by atoms with Crippen molar-refractivity contribution in [3.05, 3.63) is 57.2 Å². The van der Waals surface area contributed by atoms with E-state index in [1.807, 2.05) is 23.5 Å². The minimum absolute atomic E-state index is 0.585. The fourth-order valence-corrected chi connectivity index (χ4v) is 3.31. The van der Waals surface area contributed by atoms with E-state index in [2.05, 4.69) is 35.0 Å². The van der Waals surface area contributed by atoms with Crippen molar-refractivity contribution in [1.29, 1.82) is 0 Å². The zero-order valence-electron chi connectivity index (χ0n) is 12.3. The molecule has 0 amide bonds. The molecule has 0 fully saturated rings. The molecule has 21 heavy (non-hydrogen) atoms. The molecule has 1 atom stereocenters. The first-order valence-electron chi connectivity index (χ1n) is 7.24. The lowest BCUT2D eigenvalue weighted by atomic mass is 9.95. The summed E-state index contributed by atoms with van der Waals surface area (Å²) in [5.41, 5.74) is 1.34. The molecule has 1 aromatic heterocycles. The average Bonchev–Trinajstić information content (AvgIpc) is 2.99. The number of ether oxygens (including phenoxy) is 1. The quantitative estimate of drug-likeness (QED) is 0.703. The van der Waals surface area contributed by atoms with Crippen molar-refractivity contribution in [2.45, 2.75) is 12.8 Å². The van der Waals surface area contributed by atoms with E-state index in [0.29, 0.717) is 5.92 Å². The van der Waals surface area contributed by atoms with Gasteiger partial charge in [-0.05, 0) is 54.4 Å². The normalized spacial score (nSPS) is 12.5. The predicted octanol–water partition coefficient (Wildman–Crippen LogP) is 4.04. The van der Waals surface area contributed by atoms with Gasteiger partial charge in [0.1, 0.15) is 0 Å². The van der Waals surface area contributed by atoms with Crippen molar-refractivity contribution in [2.24, 2.45) is 5.92 Å². The summed E-state index contributed by atoms with van der Waals surface area (Å²) in [7, 11) is 1.73. The first-order valence-corrected chi connectivity index (χ1v) is 8.50. The fraction of sp³-hybridized carbons (Fsp3) is 0.412. The maximum Gasteiger partial charge on any atom is 0.0587 e. The topological polar surface area (TPSA) is 21.3 Å². The van der Waals surface area contributed by atoms with Crippen molar-refractivity contribution in [3.63, 3.8) is 0 Å². The van der Waals surface area contributed by atoms with E-state index < -0.39 is 0 Å². The highest BCUT2D eigenvalue weighted by Gasteiger charge is 2.11. The van der Waals surface area contributed by atoms with Gasteiger partial charge < -0.3 is 10.1 Å². The highest BCUT2D eigenvalue weighted by atomic mass is 35.5. The summed E-state index contributed by atoms with van der Waals surface area (Å²) in [6.45, 7) is 2.66. The summed E-state index contributed by atoms with van der Waals surface area (Å²) in [6.07, 6.45) is 2.18. The van der Waals surface area contributed by atoms with Gasteiger partial charge in [-0.1, -0.05) is 29.8 Å². The molecule has 2 aromatic rings. The molecule has 0 aliphatic heterocycles. The third-order valence-corrected chi connectivity index (χ3v) is 4.57. The van der Waals surface area contributed by atoms with Gasteiger partial charge >= 0.3 is 0 Å². The molecule has 0 saturated carbocycles. The van der Waals surface area contributed by atoms with Gasteiger partial charge in [0.05, 0.1) is 6.61 Å². The number of benzene rings is 1. The summed E-state index contributed by atoms with van der Waals surface area (Å²) < 4.78 is 5.09. The summed E-state index contributed by atoms with van der Waals surface area (Å²) >= 11 is 7.79. The van der Waals surface area contributed by atoms with Gasteiger partial charge in [0, 0.05) is 23.6 Å². The molecule has 0 spiro atoms. The first kappa shape index (κ1) is 16.5. The summed E-state index contributed by atoms with van der Waals surface area (Å²) in [5.74, 6) is 0.585. The molecule has 2 nitrogen and oxygen atoms in total. The van der Waals surface area contributed by atoms with Gasteiger partial charge in [-0.2, -0.15) is 0 Å². The van der Waals surface area contributed by atoms with Gasteiger partial charge in [-0.3, -0.25) is 0 Å². The average molecular weight is 324 g/mol. The molecule has 1 heterocycles. The van der Waals surface area contributed by atoms with Gasteiger partial charge in [-0.25, -0.2) is 0 Å². The summed E-state index contributed by atoms with van der Waals surface area (Å²) in [4.78, 5) is 1.45. The van der Waals surface area contributed by atoms with Crippen molar-refractivity contribution >= 4 is 22.9 Å². The minimum atomic E-state index is 0.585. The van der Waals surface area contributed by atoms with Crippen molar-refractivity contribution in [3.8, 4) is 0 Å². The lowest BCUT2D eigenvalue weighted by Gasteiger charge is -2.17. The van der Waals surface area contributed by atoms with Gasteiger partial charge in [0.15, 0.2) is 0 Å². The molecule has 0 saturated heterocycles. The van der Waals surface area contributed by atoms with E-state index in [4.69, 9.17) is 16.3 Å². The number of hydrogen-bond acceptors (Lipinski definition) is 3. The van der Waals surface area contributed by atoms with E-state index in [0.717, 1.165) is 37.6 Å². The number of rotatable bonds is 9. The molecular weight excluding hydrogens is 302 g/mol. The SMILES string of the molecule is COCCNCC(Cc1ccc(Cl)cc1)Cc1cccs1. The molecule has 114 valence electrons. The number of nitrogens with one attached hydrogen (secondary N) is 1. The Kier molecular flexibility index (Phi) is 7.24. The maximum absolute atomic E-state index is 5.96. The zero-order valence-corrected chi connectivity index (χ0v) is 13.9. The first-order chi connectivity index (χ1) is 10.3. The Labute approximate surface area is 136 Å². The van der Waals surface area contributed by atoms with Crippen LogP contribution in [0, 0.1) is 5.92 Å². The van der Waals surface area contributed by atoms with Crippen LogP contribution in [0.4, 0.5) is 0 Å². The van der Waals surface area contributed by atoms with Crippen LogP contribution in [0.2, 0.25) is 5.02 Å². The minimum Gasteiger partial charge on any atom is -0.383 e. The molecule has 0 bridgehead atoms. The number of hydrogen-bond donors (Lipinski definition) is 1. The van der Waals surface area contributed by atoms with Crippen LogP contribution in [0.5, 0.6) is 0 Å². The molecule has 1 N–H and O–H groups in total. The molecule has 2 rings (SSSR count). The van der Waals surface area contributed by atoms with E-state index in [-0.39, 0.29) is 0 Å². The van der Waals surface area contributed by atoms with Crippen LogP contribution in [0.3, 0.4) is 0 Å². The van der Waals surface area contributed by atoms with Crippen LogP contribution in [-0.4, -0.2) is 26.8 Å². The second-order valence-corrected chi connectivity index (χ2v) is 6.65. The molecule has 4 heteroatoms. The standard InChI is InChI=1S/C17H22ClNOS/c1-20-9-8-19-13-15(12-17-3-2-10-21-17)11-14-4-6-16(18)7-5-14/h2-7,10,15,19H,8-9,11-13H2,1H3. The smallest absolute Gasteiger partial charge is 0.0587 e. The third kappa shape index (κ3) is 6.18. The number of halogens is 1. The van der Waals surface area contributed by atoms with Crippen LogP contribution in [0.25, 0.3) is 0 Å². The fourth-order valence-electron chi connectivity index (χ4n) is 2.36. The van der Waals surface area contributed by atoms with E-state index >= 15 is 0 Å².